The quantitative estimate of drug-likeness (QED) is 0.310. The maximum Gasteiger partial charge on any atom is 0.333 e. The number of aliphatic carboxylic acids is 1. The minimum absolute atomic E-state index is 0.0338. The first-order chi connectivity index (χ1) is 15.5. The summed E-state index contributed by atoms with van der Waals surface area (Å²) in [6.07, 6.45) is 3.62. The summed E-state index contributed by atoms with van der Waals surface area (Å²) < 4.78 is 11.1. The Kier molecular flexibility index (Phi) is 15.5. The van der Waals surface area contributed by atoms with E-state index in [2.05, 4.69) is 19.2 Å². The highest BCUT2D eigenvalue weighted by molar-refractivity contribution is 7.99. The van der Waals surface area contributed by atoms with Gasteiger partial charge in [-0.1, -0.05) is 32.4 Å². The number of carbonyl (C=O) groups excluding carboxylic acids is 1. The Hall–Kier alpha value is -1.93. The fraction of sp³-hybridized carbons (Fsp3) is 0.667. The normalized spacial score (nSPS) is 11.7. The molecular weight excluding hydrogens is 428 g/mol. The van der Waals surface area contributed by atoms with Crippen LogP contribution in [0.1, 0.15) is 52.0 Å². The van der Waals surface area contributed by atoms with Gasteiger partial charge in [0.25, 0.3) is 0 Å². The molecule has 0 saturated carbocycles. The summed E-state index contributed by atoms with van der Waals surface area (Å²) in [7, 11) is 0. The molecule has 7 nitrogen and oxygen atoms in total. The van der Waals surface area contributed by atoms with Gasteiger partial charge in [-0.3, -0.25) is 0 Å². The van der Waals surface area contributed by atoms with Crippen molar-refractivity contribution in [2.75, 3.05) is 44.4 Å². The zero-order valence-corrected chi connectivity index (χ0v) is 20.6. The van der Waals surface area contributed by atoms with Crippen molar-refractivity contribution in [2.45, 2.75) is 59.0 Å². The number of nitrogens with one attached hydrogen (secondary N) is 1. The Morgan fingerprint density at radius 3 is 2.44 bits per heavy atom. The molecule has 0 fully saturated rings. The lowest BCUT2D eigenvalue weighted by molar-refractivity contribution is -0.149. The van der Waals surface area contributed by atoms with Crippen LogP contribution in [-0.4, -0.2) is 72.5 Å². The third-order valence-corrected chi connectivity index (χ3v) is 6.05. The van der Waals surface area contributed by atoms with Crippen LogP contribution in [0.25, 0.3) is 0 Å². The number of amides is 2. The molecule has 8 heteroatoms. The number of carboxylic acids is 1. The summed E-state index contributed by atoms with van der Waals surface area (Å²) in [6.45, 7) is 8.74. The van der Waals surface area contributed by atoms with Crippen LogP contribution >= 0.6 is 11.8 Å². The van der Waals surface area contributed by atoms with Crippen LogP contribution in [-0.2, 0) is 16.0 Å². The molecule has 0 bridgehead atoms. The Labute approximate surface area is 197 Å². The maximum absolute atomic E-state index is 12.5. The molecule has 0 aliphatic carbocycles. The minimum Gasteiger partial charge on any atom is -0.492 e. The largest absolute Gasteiger partial charge is 0.492 e. The lowest BCUT2D eigenvalue weighted by Gasteiger charge is -2.23. The number of carbonyl (C=O) groups is 2. The van der Waals surface area contributed by atoms with Crippen molar-refractivity contribution >= 4 is 23.8 Å². The highest BCUT2D eigenvalue weighted by Gasteiger charge is 2.18. The molecule has 1 unspecified atom stereocenters. The van der Waals surface area contributed by atoms with Crippen LogP contribution in [0.15, 0.2) is 24.3 Å². The highest BCUT2D eigenvalue weighted by Crippen LogP contribution is 2.15. The molecule has 0 radical (unpaired) electrons. The number of benzene rings is 1. The summed E-state index contributed by atoms with van der Waals surface area (Å²) in [4.78, 5) is 25.6. The monoisotopic (exact) mass is 468 g/mol. The molecule has 0 aromatic heterocycles. The van der Waals surface area contributed by atoms with E-state index in [0.29, 0.717) is 45.0 Å². The molecule has 1 atom stereocenters. The second-order valence-electron chi connectivity index (χ2n) is 7.52. The van der Waals surface area contributed by atoms with Crippen molar-refractivity contribution in [2.24, 2.45) is 0 Å². The number of nitrogens with zero attached hydrogens (tertiary/aromatic N) is 1. The Bertz CT molecular complexity index is 642. The van der Waals surface area contributed by atoms with Crippen molar-refractivity contribution in [3.63, 3.8) is 0 Å². The average molecular weight is 469 g/mol. The second kappa shape index (κ2) is 17.6. The number of carboxylic acid groups (broad SMARTS) is 1. The van der Waals surface area contributed by atoms with Gasteiger partial charge in [0, 0.05) is 26.1 Å². The van der Waals surface area contributed by atoms with Gasteiger partial charge in [0.1, 0.15) is 12.4 Å². The summed E-state index contributed by atoms with van der Waals surface area (Å²) in [5, 5.41) is 12.2. The zero-order valence-electron chi connectivity index (χ0n) is 19.8. The molecule has 1 aromatic rings. The van der Waals surface area contributed by atoms with Crippen molar-refractivity contribution in [1.29, 1.82) is 0 Å². The van der Waals surface area contributed by atoms with E-state index in [-0.39, 0.29) is 6.03 Å². The Morgan fingerprint density at radius 1 is 1.06 bits per heavy atom. The lowest BCUT2D eigenvalue weighted by Crippen LogP contribution is -2.43. The number of ether oxygens (including phenoxy) is 2. The summed E-state index contributed by atoms with van der Waals surface area (Å²) >= 11 is 1.92. The standard InChI is InChI=1S/C24H40N2O5S/c1-4-7-13-25-24(29)26(14-8-18-32-17-5-2)15-16-31-21-11-9-20(10-12-21)19-22(23(27)28)30-6-3/h9-12,22H,4-8,13-19H2,1-3H3,(H,25,29)(H,27,28). The Balaban J connectivity index is 2.52. The van der Waals surface area contributed by atoms with Crippen LogP contribution in [0.4, 0.5) is 4.79 Å². The van der Waals surface area contributed by atoms with E-state index in [9.17, 15) is 14.7 Å². The molecular formula is C24H40N2O5S. The first kappa shape index (κ1) is 28.1. The predicted molar refractivity (Wildman–Crippen MR) is 131 cm³/mol. The third kappa shape index (κ3) is 12.2. The van der Waals surface area contributed by atoms with E-state index >= 15 is 0 Å². The van der Waals surface area contributed by atoms with E-state index in [1.54, 1.807) is 6.92 Å². The van der Waals surface area contributed by atoms with Gasteiger partial charge >= 0.3 is 12.0 Å². The molecule has 1 rings (SSSR count). The van der Waals surface area contributed by atoms with Crippen molar-refractivity contribution < 1.29 is 24.2 Å². The van der Waals surface area contributed by atoms with Gasteiger partial charge in [-0.05, 0) is 55.4 Å². The van der Waals surface area contributed by atoms with E-state index in [0.717, 1.165) is 36.3 Å². The first-order valence-corrected chi connectivity index (χ1v) is 12.8. The van der Waals surface area contributed by atoms with Crippen LogP contribution in [0, 0.1) is 0 Å². The molecule has 0 aliphatic heterocycles. The molecule has 2 amide bonds. The van der Waals surface area contributed by atoms with Gasteiger partial charge < -0.3 is 24.8 Å². The number of thioether (sulfide) groups is 1. The summed E-state index contributed by atoms with van der Waals surface area (Å²) in [6, 6.07) is 7.32. The topological polar surface area (TPSA) is 88.1 Å². The van der Waals surface area contributed by atoms with Gasteiger partial charge in [0.15, 0.2) is 6.10 Å². The highest BCUT2D eigenvalue weighted by atomic mass is 32.2. The number of hydrogen-bond donors (Lipinski definition) is 2. The SMILES string of the molecule is CCCCNC(=O)N(CCCSCCC)CCOc1ccc(CC(OCC)C(=O)O)cc1. The first-order valence-electron chi connectivity index (χ1n) is 11.7. The van der Waals surface area contributed by atoms with Crippen molar-refractivity contribution in [3.05, 3.63) is 29.8 Å². The summed E-state index contributed by atoms with van der Waals surface area (Å²) in [5.41, 5.74) is 0.875. The van der Waals surface area contributed by atoms with Gasteiger partial charge in [-0.2, -0.15) is 11.8 Å². The van der Waals surface area contributed by atoms with Gasteiger partial charge in [0.05, 0.1) is 6.54 Å². The van der Waals surface area contributed by atoms with E-state index in [4.69, 9.17) is 9.47 Å². The smallest absolute Gasteiger partial charge is 0.333 e. The molecule has 0 spiro atoms. The summed E-state index contributed by atoms with van der Waals surface area (Å²) in [5.74, 6) is 1.94. The molecule has 0 aliphatic rings. The molecule has 0 heterocycles. The number of hydrogen-bond acceptors (Lipinski definition) is 5. The second-order valence-corrected chi connectivity index (χ2v) is 8.74. The van der Waals surface area contributed by atoms with E-state index < -0.39 is 12.1 Å². The fourth-order valence-corrected chi connectivity index (χ4v) is 3.86. The van der Waals surface area contributed by atoms with E-state index in [1.807, 2.05) is 40.9 Å². The zero-order chi connectivity index (χ0) is 23.6. The Morgan fingerprint density at radius 2 is 1.81 bits per heavy atom. The molecule has 182 valence electrons. The van der Waals surface area contributed by atoms with Crippen LogP contribution in [0.2, 0.25) is 0 Å². The van der Waals surface area contributed by atoms with Crippen LogP contribution in [0.5, 0.6) is 5.75 Å². The predicted octanol–water partition coefficient (Wildman–Crippen LogP) is 4.44. The third-order valence-electron chi connectivity index (χ3n) is 4.78. The van der Waals surface area contributed by atoms with Gasteiger partial charge in [0.2, 0.25) is 0 Å². The molecule has 2 N–H and O–H groups in total. The molecule has 0 saturated heterocycles. The number of rotatable bonds is 18. The van der Waals surface area contributed by atoms with Gasteiger partial charge in [-0.25, -0.2) is 9.59 Å². The van der Waals surface area contributed by atoms with Crippen LogP contribution < -0.4 is 10.1 Å². The lowest BCUT2D eigenvalue weighted by atomic mass is 10.1. The van der Waals surface area contributed by atoms with Crippen molar-refractivity contribution in [1.82, 2.24) is 10.2 Å². The van der Waals surface area contributed by atoms with Gasteiger partial charge in [-0.15, -0.1) is 0 Å². The fourth-order valence-electron chi connectivity index (χ4n) is 3.03. The molecule has 1 aromatic carbocycles. The van der Waals surface area contributed by atoms with Crippen LogP contribution in [0.3, 0.4) is 0 Å². The maximum atomic E-state index is 12.5. The van der Waals surface area contributed by atoms with Crippen molar-refractivity contribution in [3.8, 4) is 5.75 Å². The molecule has 32 heavy (non-hydrogen) atoms. The average Bonchev–Trinajstić information content (AvgIpc) is 2.78. The number of urea groups is 1. The van der Waals surface area contributed by atoms with E-state index in [1.165, 1.54) is 6.42 Å². The number of unbranched alkanes of at least 4 members (excludes halogenated alkanes) is 1. The minimum atomic E-state index is -0.961.